The summed E-state index contributed by atoms with van der Waals surface area (Å²) >= 11 is 0. The summed E-state index contributed by atoms with van der Waals surface area (Å²) < 4.78 is 0. The van der Waals surface area contributed by atoms with Crippen molar-refractivity contribution in [1.29, 1.82) is 0 Å². The van der Waals surface area contributed by atoms with E-state index in [4.69, 9.17) is 0 Å². The summed E-state index contributed by atoms with van der Waals surface area (Å²) in [6.07, 6.45) is 8.72. The molecule has 0 aromatic rings. The summed E-state index contributed by atoms with van der Waals surface area (Å²) in [4.78, 5) is 0. The summed E-state index contributed by atoms with van der Waals surface area (Å²) in [6, 6.07) is 0. The molecule has 0 heterocycles. The maximum atomic E-state index is 2.31. The van der Waals surface area contributed by atoms with E-state index < -0.39 is 0 Å². The van der Waals surface area contributed by atoms with Crippen LogP contribution in [0.3, 0.4) is 0 Å². The number of hydrogen-bond donors (Lipinski definition) is 0. The van der Waals surface area contributed by atoms with Gasteiger partial charge in [0.1, 0.15) is 0 Å². The summed E-state index contributed by atoms with van der Waals surface area (Å²) in [7, 11) is 0.439. The van der Waals surface area contributed by atoms with Crippen LogP contribution in [0, 0.1) is 0 Å². The highest BCUT2D eigenvalue weighted by molar-refractivity contribution is 7.57. The summed E-state index contributed by atoms with van der Waals surface area (Å²) in [6.45, 7) is 6.92. The van der Waals surface area contributed by atoms with Gasteiger partial charge in [0, 0.05) is 0 Å². The van der Waals surface area contributed by atoms with Crippen LogP contribution in [0.5, 0.6) is 0 Å². The quantitative estimate of drug-likeness (QED) is 0.590. The smallest absolute Gasteiger partial charge is 0.0329 e. The topological polar surface area (TPSA) is 0 Å². The van der Waals surface area contributed by atoms with E-state index >= 15 is 0 Å². The van der Waals surface area contributed by atoms with Crippen molar-refractivity contribution in [3.8, 4) is 0 Å². The largest absolute Gasteiger partial charge is 0.147 e. The fraction of sp³-hybridized carbons (Fsp3) is 1.00. The molecule has 0 radical (unpaired) electrons. The van der Waals surface area contributed by atoms with Gasteiger partial charge in [0.15, 0.2) is 0 Å². The van der Waals surface area contributed by atoms with Gasteiger partial charge in [-0.2, -0.15) is 0 Å². The summed E-state index contributed by atoms with van der Waals surface area (Å²) in [5, 5.41) is 0. The van der Waals surface area contributed by atoms with Gasteiger partial charge in [-0.1, -0.05) is 40.0 Å². The van der Waals surface area contributed by atoms with Crippen LogP contribution in [-0.2, 0) is 0 Å². The van der Waals surface area contributed by atoms with Crippen LogP contribution in [0.15, 0.2) is 0 Å². The first-order valence-corrected chi connectivity index (χ1v) is 6.47. The maximum Gasteiger partial charge on any atom is -0.0329 e. The molecule has 0 amide bonds. The van der Waals surface area contributed by atoms with Crippen molar-refractivity contribution in [2.24, 2.45) is 0 Å². The minimum Gasteiger partial charge on any atom is -0.147 e. The van der Waals surface area contributed by atoms with Gasteiger partial charge in [0.2, 0.25) is 0 Å². The molecule has 78 valence electrons. The van der Waals surface area contributed by atoms with E-state index in [2.05, 4.69) is 20.8 Å². The number of rotatable bonds is 6. The van der Waals surface area contributed by atoms with Crippen molar-refractivity contribution >= 4 is 32.7 Å². The number of hydrogen-bond acceptors (Lipinski definition) is 0. The predicted octanol–water partition coefficient (Wildman–Crippen LogP) is 4.54. The zero-order valence-corrected chi connectivity index (χ0v) is 11.0. The van der Waals surface area contributed by atoms with Gasteiger partial charge in [0.25, 0.3) is 0 Å². The fourth-order valence-electron chi connectivity index (χ4n) is 1.28. The van der Waals surface area contributed by atoms with E-state index in [1.54, 1.807) is 0 Å². The lowest BCUT2D eigenvalue weighted by Crippen LogP contribution is -1.92. The van der Waals surface area contributed by atoms with E-state index in [-0.39, 0.29) is 24.8 Å². The van der Waals surface area contributed by atoms with Gasteiger partial charge in [-0.3, -0.25) is 0 Å². The molecular formula is C9H23Cl2P. The Morgan fingerprint density at radius 2 is 0.917 bits per heavy atom. The van der Waals surface area contributed by atoms with Gasteiger partial charge in [0.05, 0.1) is 0 Å². The molecule has 0 saturated heterocycles. The van der Waals surface area contributed by atoms with Gasteiger partial charge in [-0.25, -0.2) is 0 Å². The van der Waals surface area contributed by atoms with Gasteiger partial charge in [-0.15, -0.1) is 32.7 Å². The van der Waals surface area contributed by atoms with Crippen molar-refractivity contribution in [3.05, 3.63) is 0 Å². The minimum absolute atomic E-state index is 0. The maximum absolute atomic E-state index is 2.31. The average molecular weight is 233 g/mol. The molecule has 12 heavy (non-hydrogen) atoms. The molecular weight excluding hydrogens is 210 g/mol. The van der Waals surface area contributed by atoms with Crippen molar-refractivity contribution in [3.63, 3.8) is 0 Å². The molecule has 0 spiro atoms. The molecule has 0 fully saturated rings. The monoisotopic (exact) mass is 232 g/mol. The lowest BCUT2D eigenvalue weighted by molar-refractivity contribution is 1.02. The number of halogens is 2. The van der Waals surface area contributed by atoms with Crippen molar-refractivity contribution in [2.75, 3.05) is 18.5 Å². The third-order valence-corrected chi connectivity index (χ3v) is 4.86. The van der Waals surface area contributed by atoms with Gasteiger partial charge in [-0.05, 0) is 18.5 Å². The fourth-order valence-corrected chi connectivity index (χ4v) is 3.85. The molecule has 0 rings (SSSR count). The molecule has 0 N–H and O–H groups in total. The first kappa shape index (κ1) is 18.7. The molecule has 3 heteroatoms. The average Bonchev–Trinajstić information content (AvgIpc) is 1.90. The Kier molecular flexibility index (Phi) is 22.7. The first-order valence-electron chi connectivity index (χ1n) is 4.57. The molecule has 0 aliphatic rings. The van der Waals surface area contributed by atoms with Crippen LogP contribution in [0.25, 0.3) is 0 Å². The van der Waals surface area contributed by atoms with E-state index in [9.17, 15) is 0 Å². The van der Waals surface area contributed by atoms with Crippen LogP contribution in [-0.4, -0.2) is 18.5 Å². The highest BCUT2D eigenvalue weighted by atomic mass is 35.5. The van der Waals surface area contributed by atoms with Crippen molar-refractivity contribution in [2.45, 2.75) is 40.0 Å². The standard InChI is InChI=1S/C9H21P.2ClH/c1-4-7-10(8-5-2)9-6-3;;/h4-9H2,1-3H3;2*1H. The second kappa shape index (κ2) is 14.5. The Morgan fingerprint density at radius 1 is 0.667 bits per heavy atom. The molecule has 0 aliphatic heterocycles. The lowest BCUT2D eigenvalue weighted by atomic mass is 10.6. The molecule has 0 aromatic carbocycles. The van der Waals surface area contributed by atoms with Gasteiger partial charge >= 0.3 is 0 Å². The molecule has 0 bridgehead atoms. The molecule has 0 aromatic heterocycles. The molecule has 0 nitrogen and oxygen atoms in total. The lowest BCUT2D eigenvalue weighted by Gasteiger charge is -2.13. The predicted molar refractivity (Wildman–Crippen MR) is 66.9 cm³/mol. The molecule has 0 unspecified atom stereocenters. The normalized spacial score (nSPS) is 9.00. The van der Waals surface area contributed by atoms with Crippen LogP contribution in [0.4, 0.5) is 0 Å². The summed E-state index contributed by atoms with van der Waals surface area (Å²) in [5.74, 6) is 0. The van der Waals surface area contributed by atoms with Crippen LogP contribution in [0.1, 0.15) is 40.0 Å². The second-order valence-electron chi connectivity index (χ2n) is 2.84. The zero-order chi connectivity index (χ0) is 7.82. The Bertz CT molecular complexity index is 55.3. The van der Waals surface area contributed by atoms with E-state index in [1.807, 2.05) is 0 Å². The Balaban J connectivity index is -0.000000405. The van der Waals surface area contributed by atoms with E-state index in [0.717, 1.165) is 0 Å². The summed E-state index contributed by atoms with van der Waals surface area (Å²) in [5.41, 5.74) is 0. The Morgan fingerprint density at radius 3 is 1.08 bits per heavy atom. The van der Waals surface area contributed by atoms with Crippen molar-refractivity contribution < 1.29 is 0 Å². The van der Waals surface area contributed by atoms with E-state index in [0.29, 0.717) is 7.92 Å². The van der Waals surface area contributed by atoms with Gasteiger partial charge < -0.3 is 0 Å². The van der Waals surface area contributed by atoms with Crippen LogP contribution >= 0.6 is 32.7 Å². The molecule has 0 atom stereocenters. The Labute approximate surface area is 91.5 Å². The third kappa shape index (κ3) is 11.0. The first-order chi connectivity index (χ1) is 4.85. The van der Waals surface area contributed by atoms with Crippen LogP contribution < -0.4 is 0 Å². The van der Waals surface area contributed by atoms with E-state index in [1.165, 1.54) is 37.7 Å². The Hall–Kier alpha value is 1.01. The highest BCUT2D eigenvalue weighted by Crippen LogP contribution is 2.37. The third-order valence-electron chi connectivity index (χ3n) is 1.62. The van der Waals surface area contributed by atoms with Crippen LogP contribution in [0.2, 0.25) is 0 Å². The molecule has 0 aliphatic carbocycles. The minimum atomic E-state index is 0. The van der Waals surface area contributed by atoms with Crippen molar-refractivity contribution in [1.82, 2.24) is 0 Å². The zero-order valence-electron chi connectivity index (χ0n) is 8.51. The highest BCUT2D eigenvalue weighted by Gasteiger charge is 2.02. The SMILES string of the molecule is CCCP(CCC)CCC.Cl.Cl. The molecule has 0 saturated carbocycles. The second-order valence-corrected chi connectivity index (χ2v) is 5.52.